The zero-order chi connectivity index (χ0) is 21.6. The van der Waals surface area contributed by atoms with Gasteiger partial charge in [0.2, 0.25) is 5.91 Å². The molecule has 29 heavy (non-hydrogen) atoms. The fourth-order valence-electron chi connectivity index (χ4n) is 2.88. The minimum Gasteiger partial charge on any atom is -0.489 e. The minimum atomic E-state index is -0.947. The number of nitrogens with one attached hydrogen (secondary N) is 1. The number of ether oxygens (including phenoxy) is 1. The fourth-order valence-corrected chi connectivity index (χ4v) is 2.88. The van der Waals surface area contributed by atoms with Gasteiger partial charge in [-0.3, -0.25) is 9.59 Å². The third-order valence-corrected chi connectivity index (χ3v) is 4.31. The van der Waals surface area contributed by atoms with E-state index in [1.165, 1.54) is 18.2 Å². The van der Waals surface area contributed by atoms with Gasteiger partial charge in [-0.15, -0.1) is 0 Å². The largest absolute Gasteiger partial charge is 0.489 e. The summed E-state index contributed by atoms with van der Waals surface area (Å²) in [6.45, 7) is 5.22. The molecule has 2 N–H and O–H groups in total. The molecule has 2 aromatic rings. The van der Waals surface area contributed by atoms with E-state index in [1.807, 2.05) is 6.07 Å². The normalized spacial score (nSPS) is 10.9. The summed E-state index contributed by atoms with van der Waals surface area (Å²) in [4.78, 5) is 23.1. The molecular weight excluding hydrogens is 375 g/mol. The second-order valence-electron chi connectivity index (χ2n) is 7.64. The molecule has 0 aliphatic rings. The molecule has 2 aromatic carbocycles. The van der Waals surface area contributed by atoms with E-state index in [0.29, 0.717) is 17.0 Å². The quantitative estimate of drug-likeness (QED) is 0.686. The number of anilines is 1. The van der Waals surface area contributed by atoms with Gasteiger partial charge in [-0.05, 0) is 54.3 Å². The second kappa shape index (κ2) is 9.20. The van der Waals surface area contributed by atoms with Crippen LogP contribution in [0.15, 0.2) is 36.4 Å². The number of carboxylic acids is 1. The molecular formula is C22H23FN2O4. The standard InChI is InChI=1S/C22H23FN2O4/c1-14-8-17(29-13-16-9-15(12-24)4-6-18(16)23)5-7-19(14)25-20(26)10-22(2,3)11-21(27)28/h4-9H,10-11,13H2,1-3H3,(H,25,26)(H,27,28). The first kappa shape index (κ1) is 21.9. The Bertz CT molecular complexity index is 964. The third-order valence-electron chi connectivity index (χ3n) is 4.31. The van der Waals surface area contributed by atoms with E-state index in [4.69, 9.17) is 15.1 Å². The maximum atomic E-state index is 13.8. The monoisotopic (exact) mass is 398 g/mol. The molecule has 0 bridgehead atoms. The molecule has 0 saturated heterocycles. The lowest BCUT2D eigenvalue weighted by atomic mass is 9.85. The summed E-state index contributed by atoms with van der Waals surface area (Å²) in [6, 6.07) is 11.1. The van der Waals surface area contributed by atoms with Crippen molar-refractivity contribution in [1.82, 2.24) is 0 Å². The molecule has 0 saturated carbocycles. The fraction of sp³-hybridized carbons (Fsp3) is 0.318. The molecule has 7 heteroatoms. The number of carboxylic acid groups (broad SMARTS) is 1. The van der Waals surface area contributed by atoms with Crippen LogP contribution in [0.2, 0.25) is 0 Å². The minimum absolute atomic E-state index is 0.0319. The van der Waals surface area contributed by atoms with Crippen molar-refractivity contribution in [3.63, 3.8) is 0 Å². The summed E-state index contributed by atoms with van der Waals surface area (Å²) in [5.74, 6) is -1.18. The first-order chi connectivity index (χ1) is 13.6. The van der Waals surface area contributed by atoms with Crippen LogP contribution in [-0.2, 0) is 16.2 Å². The maximum absolute atomic E-state index is 13.8. The van der Waals surface area contributed by atoms with Crippen molar-refractivity contribution >= 4 is 17.6 Å². The third kappa shape index (κ3) is 6.61. The molecule has 0 heterocycles. The highest BCUT2D eigenvalue weighted by atomic mass is 19.1. The Morgan fingerprint density at radius 1 is 1.21 bits per heavy atom. The van der Waals surface area contributed by atoms with E-state index >= 15 is 0 Å². The summed E-state index contributed by atoms with van der Waals surface area (Å²) in [7, 11) is 0. The number of nitriles is 1. The van der Waals surface area contributed by atoms with Crippen LogP contribution in [0, 0.1) is 29.5 Å². The second-order valence-corrected chi connectivity index (χ2v) is 7.64. The number of aryl methyl sites for hydroxylation is 1. The van der Waals surface area contributed by atoms with Gasteiger partial charge in [0, 0.05) is 17.7 Å². The highest BCUT2D eigenvalue weighted by Crippen LogP contribution is 2.27. The van der Waals surface area contributed by atoms with E-state index in [0.717, 1.165) is 5.56 Å². The van der Waals surface area contributed by atoms with Gasteiger partial charge in [0.25, 0.3) is 0 Å². The number of rotatable bonds is 8. The van der Waals surface area contributed by atoms with E-state index in [-0.39, 0.29) is 30.9 Å². The van der Waals surface area contributed by atoms with Crippen molar-refractivity contribution in [1.29, 1.82) is 5.26 Å². The number of carbonyl (C=O) groups excluding carboxylic acids is 1. The number of halogens is 1. The van der Waals surface area contributed by atoms with Crippen LogP contribution in [0.1, 0.15) is 43.4 Å². The number of carbonyl (C=O) groups is 2. The first-order valence-corrected chi connectivity index (χ1v) is 9.03. The molecule has 0 spiro atoms. The Hall–Kier alpha value is -3.40. The average Bonchev–Trinajstić information content (AvgIpc) is 2.61. The van der Waals surface area contributed by atoms with Crippen molar-refractivity contribution in [3.05, 3.63) is 58.9 Å². The smallest absolute Gasteiger partial charge is 0.303 e. The number of nitrogens with zero attached hydrogens (tertiary/aromatic N) is 1. The molecule has 0 aromatic heterocycles. The summed E-state index contributed by atoms with van der Waals surface area (Å²) < 4.78 is 19.4. The molecule has 152 valence electrons. The predicted molar refractivity (Wildman–Crippen MR) is 106 cm³/mol. The number of hydrogen-bond donors (Lipinski definition) is 2. The number of aliphatic carboxylic acids is 1. The SMILES string of the molecule is Cc1cc(OCc2cc(C#N)ccc2F)ccc1NC(=O)CC(C)(C)CC(=O)O. The number of hydrogen-bond acceptors (Lipinski definition) is 4. The number of amides is 1. The van der Waals surface area contributed by atoms with Crippen LogP contribution in [0.5, 0.6) is 5.75 Å². The van der Waals surface area contributed by atoms with Gasteiger partial charge >= 0.3 is 5.97 Å². The molecule has 0 unspecified atom stereocenters. The van der Waals surface area contributed by atoms with E-state index in [2.05, 4.69) is 5.32 Å². The summed E-state index contributed by atoms with van der Waals surface area (Å²) >= 11 is 0. The Labute approximate surface area is 168 Å². The van der Waals surface area contributed by atoms with Crippen LogP contribution in [0.25, 0.3) is 0 Å². The van der Waals surface area contributed by atoms with Crippen LogP contribution in [0.4, 0.5) is 10.1 Å². The van der Waals surface area contributed by atoms with Crippen LogP contribution >= 0.6 is 0 Å². The maximum Gasteiger partial charge on any atom is 0.303 e. The van der Waals surface area contributed by atoms with Crippen molar-refractivity contribution in [3.8, 4) is 11.8 Å². The Morgan fingerprint density at radius 3 is 2.55 bits per heavy atom. The van der Waals surface area contributed by atoms with Gasteiger partial charge in [0.05, 0.1) is 18.1 Å². The molecule has 1 amide bonds. The molecule has 0 aliphatic heterocycles. The lowest BCUT2D eigenvalue weighted by Crippen LogP contribution is -2.25. The van der Waals surface area contributed by atoms with Gasteiger partial charge in [0.15, 0.2) is 0 Å². The topological polar surface area (TPSA) is 99.4 Å². The average molecular weight is 398 g/mol. The Kier molecular flexibility index (Phi) is 6.94. The highest BCUT2D eigenvalue weighted by Gasteiger charge is 2.25. The summed E-state index contributed by atoms with van der Waals surface area (Å²) in [5, 5.41) is 20.6. The molecule has 0 atom stereocenters. The van der Waals surface area contributed by atoms with Gasteiger partial charge in [0.1, 0.15) is 18.2 Å². The molecule has 0 radical (unpaired) electrons. The van der Waals surface area contributed by atoms with Gasteiger partial charge in [-0.1, -0.05) is 13.8 Å². The zero-order valence-corrected chi connectivity index (χ0v) is 16.6. The summed E-state index contributed by atoms with van der Waals surface area (Å²) in [6.07, 6.45) is -0.0265. The van der Waals surface area contributed by atoms with Crippen molar-refractivity contribution in [2.75, 3.05) is 5.32 Å². The van der Waals surface area contributed by atoms with Gasteiger partial charge in [-0.25, -0.2) is 4.39 Å². The Morgan fingerprint density at radius 2 is 1.93 bits per heavy atom. The van der Waals surface area contributed by atoms with E-state index in [9.17, 15) is 14.0 Å². The summed E-state index contributed by atoms with van der Waals surface area (Å²) in [5.41, 5.74) is 1.31. The lowest BCUT2D eigenvalue weighted by Gasteiger charge is -2.22. The van der Waals surface area contributed by atoms with E-state index < -0.39 is 17.2 Å². The highest BCUT2D eigenvalue weighted by molar-refractivity contribution is 5.92. The van der Waals surface area contributed by atoms with Crippen LogP contribution in [0.3, 0.4) is 0 Å². The van der Waals surface area contributed by atoms with Crippen molar-refractivity contribution < 1.29 is 23.8 Å². The first-order valence-electron chi connectivity index (χ1n) is 9.03. The Balaban J connectivity index is 2.01. The molecule has 0 fully saturated rings. The van der Waals surface area contributed by atoms with Crippen LogP contribution < -0.4 is 10.1 Å². The lowest BCUT2D eigenvalue weighted by molar-refractivity contribution is -0.139. The van der Waals surface area contributed by atoms with Crippen molar-refractivity contribution in [2.45, 2.75) is 40.2 Å². The number of benzene rings is 2. The van der Waals surface area contributed by atoms with Crippen LogP contribution in [-0.4, -0.2) is 17.0 Å². The van der Waals surface area contributed by atoms with Crippen molar-refractivity contribution in [2.24, 2.45) is 5.41 Å². The molecule has 6 nitrogen and oxygen atoms in total. The predicted octanol–water partition coefficient (Wildman–Crippen LogP) is 4.41. The zero-order valence-electron chi connectivity index (χ0n) is 16.6. The van der Waals surface area contributed by atoms with E-state index in [1.54, 1.807) is 39.0 Å². The van der Waals surface area contributed by atoms with Gasteiger partial charge < -0.3 is 15.2 Å². The molecule has 2 rings (SSSR count). The molecule has 0 aliphatic carbocycles. The van der Waals surface area contributed by atoms with Gasteiger partial charge in [-0.2, -0.15) is 5.26 Å².